The van der Waals surface area contributed by atoms with Crippen molar-refractivity contribution in [3.8, 4) is 28.4 Å². The van der Waals surface area contributed by atoms with Gasteiger partial charge in [-0.3, -0.25) is 4.79 Å². The highest BCUT2D eigenvalue weighted by atomic mass is 32.2. The highest BCUT2D eigenvalue weighted by Crippen LogP contribution is 2.50. The highest BCUT2D eigenvalue weighted by molar-refractivity contribution is 7.98. The van der Waals surface area contributed by atoms with Crippen molar-refractivity contribution in [2.24, 2.45) is 5.41 Å². The first-order valence-electron chi connectivity index (χ1n) is 16.1. The summed E-state index contributed by atoms with van der Waals surface area (Å²) in [7, 11) is 4.73. The molecule has 0 heterocycles. The molecule has 0 aliphatic heterocycles. The van der Waals surface area contributed by atoms with Gasteiger partial charge in [0.2, 0.25) is 5.75 Å². The Balaban J connectivity index is 1.61. The molecule has 2 aliphatic carbocycles. The minimum absolute atomic E-state index is 0.132. The Kier molecular flexibility index (Phi) is 12.0. The van der Waals surface area contributed by atoms with E-state index in [1.807, 2.05) is 49.6 Å². The average Bonchev–Trinajstić information content (AvgIpc) is 3.27. The first-order chi connectivity index (χ1) is 22.4. The molecular weight excluding hydrogens is 609 g/mol. The molecule has 2 aliphatic rings. The molecule has 2 aromatic rings. The van der Waals surface area contributed by atoms with Crippen molar-refractivity contribution in [2.45, 2.75) is 77.7 Å². The van der Waals surface area contributed by atoms with Crippen LogP contribution in [0.5, 0.6) is 17.2 Å². The molecule has 4 rings (SSSR count). The molecule has 1 atom stereocenters. The Morgan fingerprint density at radius 3 is 2.38 bits per heavy atom. The predicted molar refractivity (Wildman–Crippen MR) is 193 cm³/mol. The van der Waals surface area contributed by atoms with Crippen LogP contribution in [0.4, 0.5) is 0 Å². The molecule has 2 aromatic carbocycles. The molecule has 0 unspecified atom stereocenters. The summed E-state index contributed by atoms with van der Waals surface area (Å²) in [5.41, 5.74) is 7.99. The van der Waals surface area contributed by atoms with E-state index in [4.69, 9.17) is 18.9 Å². The number of allylic oxidation sites excluding steroid dienone is 9. The molecule has 0 saturated heterocycles. The zero-order valence-corrected chi connectivity index (χ0v) is 30.1. The van der Waals surface area contributed by atoms with Crippen molar-refractivity contribution < 1.29 is 23.7 Å². The summed E-state index contributed by atoms with van der Waals surface area (Å²) in [5, 5.41) is 0. The van der Waals surface area contributed by atoms with Gasteiger partial charge in [0.25, 0.3) is 0 Å². The van der Waals surface area contributed by atoms with Crippen LogP contribution >= 0.6 is 11.8 Å². The van der Waals surface area contributed by atoms with Crippen LogP contribution in [0, 0.1) is 5.41 Å². The van der Waals surface area contributed by atoms with Crippen molar-refractivity contribution in [2.75, 3.05) is 27.6 Å². The SMILES string of the molecule is COc1cc2c(c(OC)c1OC)-c1ccc(SC)c(=O)cc1[C@H](OC(=O)/C=C(C)/C=C/C=C(C)/C=C/C1=C(C)CCCC1(C)C)CC2. The Labute approximate surface area is 284 Å². The number of fused-ring (bicyclic) bond motifs is 3. The Morgan fingerprint density at radius 1 is 0.979 bits per heavy atom. The summed E-state index contributed by atoms with van der Waals surface area (Å²) >= 11 is 1.38. The van der Waals surface area contributed by atoms with Crippen LogP contribution in [0.1, 0.15) is 77.5 Å². The lowest BCUT2D eigenvalue weighted by molar-refractivity contribution is -0.143. The first kappa shape index (κ1) is 35.9. The van der Waals surface area contributed by atoms with Crippen LogP contribution in [0.2, 0.25) is 0 Å². The summed E-state index contributed by atoms with van der Waals surface area (Å²) in [4.78, 5) is 27.1. The van der Waals surface area contributed by atoms with Crippen molar-refractivity contribution in [1.82, 2.24) is 0 Å². The zero-order chi connectivity index (χ0) is 34.3. The minimum atomic E-state index is -0.650. The molecule has 0 N–H and O–H groups in total. The van der Waals surface area contributed by atoms with Gasteiger partial charge < -0.3 is 18.9 Å². The van der Waals surface area contributed by atoms with Gasteiger partial charge in [-0.1, -0.05) is 61.4 Å². The monoisotopic (exact) mass is 656 g/mol. The maximum Gasteiger partial charge on any atom is 0.331 e. The van der Waals surface area contributed by atoms with E-state index < -0.39 is 12.1 Å². The topological polar surface area (TPSA) is 71.1 Å². The number of ether oxygens (including phenoxy) is 4. The normalized spacial score (nSPS) is 18.1. The average molecular weight is 657 g/mol. The highest BCUT2D eigenvalue weighted by Gasteiger charge is 2.31. The largest absolute Gasteiger partial charge is 0.493 e. The summed E-state index contributed by atoms with van der Waals surface area (Å²) in [6, 6.07) is 7.23. The first-order valence-corrected chi connectivity index (χ1v) is 17.3. The van der Waals surface area contributed by atoms with Gasteiger partial charge in [-0.25, -0.2) is 4.79 Å². The lowest BCUT2D eigenvalue weighted by Gasteiger charge is -2.32. The number of hydrogen-bond donors (Lipinski definition) is 0. The number of aryl methyl sites for hydroxylation is 1. The Bertz CT molecular complexity index is 1720. The minimum Gasteiger partial charge on any atom is -0.493 e. The van der Waals surface area contributed by atoms with Gasteiger partial charge in [-0.05, 0) is 105 Å². The molecule has 0 radical (unpaired) electrons. The van der Waals surface area contributed by atoms with Crippen LogP contribution in [0.25, 0.3) is 11.1 Å². The number of carbonyl (C=O) groups excluding carboxylic acids is 1. The van der Waals surface area contributed by atoms with Gasteiger partial charge in [0.1, 0.15) is 6.10 Å². The number of esters is 1. The van der Waals surface area contributed by atoms with E-state index in [1.165, 1.54) is 41.8 Å². The second-order valence-electron chi connectivity index (χ2n) is 12.8. The predicted octanol–water partition coefficient (Wildman–Crippen LogP) is 9.52. The molecular formula is C40H48O6S. The van der Waals surface area contributed by atoms with Crippen molar-refractivity contribution in [3.05, 3.63) is 104 Å². The fraction of sp³-hybridized carbons (Fsp3) is 0.400. The van der Waals surface area contributed by atoms with Crippen LogP contribution in [-0.2, 0) is 16.0 Å². The van der Waals surface area contributed by atoms with Crippen LogP contribution in [0.3, 0.4) is 0 Å². The van der Waals surface area contributed by atoms with E-state index >= 15 is 0 Å². The fourth-order valence-electron chi connectivity index (χ4n) is 6.59. The lowest BCUT2D eigenvalue weighted by atomic mass is 9.72. The molecule has 0 saturated carbocycles. The second kappa shape index (κ2) is 15.7. The van der Waals surface area contributed by atoms with Gasteiger partial charge in [0, 0.05) is 17.2 Å². The third kappa shape index (κ3) is 8.31. The molecule has 7 heteroatoms. The molecule has 0 aromatic heterocycles. The van der Waals surface area contributed by atoms with Gasteiger partial charge >= 0.3 is 5.97 Å². The number of rotatable bonds is 10. The van der Waals surface area contributed by atoms with Gasteiger partial charge in [0.15, 0.2) is 16.9 Å². The number of hydrogen-bond acceptors (Lipinski definition) is 7. The second-order valence-corrected chi connectivity index (χ2v) is 13.7. The quantitative estimate of drug-likeness (QED) is 0.109. The molecule has 0 bridgehead atoms. The van der Waals surface area contributed by atoms with Crippen molar-refractivity contribution >= 4 is 17.7 Å². The molecule has 0 fully saturated rings. The summed E-state index contributed by atoms with van der Waals surface area (Å²) in [6.45, 7) is 10.8. The molecule has 250 valence electrons. The van der Waals surface area contributed by atoms with Gasteiger partial charge in [-0.15, -0.1) is 11.8 Å². The summed E-state index contributed by atoms with van der Waals surface area (Å²) < 4.78 is 23.3. The number of carbonyl (C=O) groups is 1. The number of methoxy groups -OCH3 is 3. The van der Waals surface area contributed by atoms with E-state index in [2.05, 4.69) is 39.8 Å². The van der Waals surface area contributed by atoms with E-state index in [9.17, 15) is 9.59 Å². The summed E-state index contributed by atoms with van der Waals surface area (Å²) in [5.74, 6) is 1.05. The third-order valence-electron chi connectivity index (χ3n) is 9.04. The van der Waals surface area contributed by atoms with Gasteiger partial charge in [0.05, 0.1) is 26.2 Å². The summed E-state index contributed by atoms with van der Waals surface area (Å²) in [6.07, 6.45) is 17.7. The number of thioether (sulfide) groups is 1. The standard InChI is InChI=1S/C40H48O6S/c1-25(15-18-31-27(3)14-11-21-40(31,4)5)12-10-13-26(2)22-36(42)46-33-19-16-28-23-34(43-6)38(44-7)39(45-8)37(28)29-17-20-35(47-9)32(41)24-30(29)33/h10,12-13,15,17-18,20,22-24,33H,11,14,16,19,21H2,1-9H3/b13-10+,18-15+,25-12+,26-22+/t33-/m1/s1. The van der Waals surface area contributed by atoms with E-state index in [1.54, 1.807) is 27.4 Å². The van der Waals surface area contributed by atoms with Crippen LogP contribution < -0.4 is 19.6 Å². The fourth-order valence-corrected chi connectivity index (χ4v) is 7.06. The Hall–Kier alpha value is -3.97. The van der Waals surface area contributed by atoms with Crippen molar-refractivity contribution in [3.63, 3.8) is 0 Å². The van der Waals surface area contributed by atoms with Crippen molar-refractivity contribution in [1.29, 1.82) is 0 Å². The number of benzene rings is 1. The third-order valence-corrected chi connectivity index (χ3v) is 9.82. The smallest absolute Gasteiger partial charge is 0.331 e. The van der Waals surface area contributed by atoms with E-state index in [-0.39, 0.29) is 10.8 Å². The van der Waals surface area contributed by atoms with E-state index in [0.29, 0.717) is 40.5 Å². The van der Waals surface area contributed by atoms with Crippen LogP contribution in [0.15, 0.2) is 92.7 Å². The molecule has 47 heavy (non-hydrogen) atoms. The van der Waals surface area contributed by atoms with Gasteiger partial charge in [-0.2, -0.15) is 0 Å². The molecule has 0 amide bonds. The maximum absolute atomic E-state index is 13.3. The zero-order valence-electron chi connectivity index (χ0n) is 29.2. The lowest BCUT2D eigenvalue weighted by Crippen LogP contribution is -2.19. The molecule has 0 spiro atoms. The Morgan fingerprint density at radius 2 is 1.72 bits per heavy atom. The van der Waals surface area contributed by atoms with Crippen LogP contribution in [-0.4, -0.2) is 33.6 Å². The molecule has 6 nitrogen and oxygen atoms in total. The maximum atomic E-state index is 13.3. The van der Waals surface area contributed by atoms with E-state index in [0.717, 1.165) is 34.3 Å².